The van der Waals surface area contributed by atoms with Crippen molar-refractivity contribution < 1.29 is 14.0 Å². The molecule has 0 heterocycles. The van der Waals surface area contributed by atoms with Gasteiger partial charge in [0.15, 0.2) is 0 Å². The number of rotatable bonds is 12. The molecule has 1 N–H and O–H groups in total. The molecule has 4 nitrogen and oxygen atoms in total. The number of halogens is 1. The summed E-state index contributed by atoms with van der Waals surface area (Å²) >= 11 is 1.42. The average molecular weight is 493 g/mol. The van der Waals surface area contributed by atoms with E-state index < -0.39 is 6.04 Å². The topological polar surface area (TPSA) is 49.4 Å². The Morgan fingerprint density at radius 3 is 2.34 bits per heavy atom. The van der Waals surface area contributed by atoms with Crippen molar-refractivity contribution in [2.45, 2.75) is 50.6 Å². The lowest BCUT2D eigenvalue weighted by molar-refractivity contribution is -0.139. The van der Waals surface area contributed by atoms with Crippen molar-refractivity contribution in [3.8, 4) is 0 Å². The molecule has 0 spiro atoms. The number of hydrogen-bond donors (Lipinski definition) is 1. The number of benzene rings is 3. The number of nitrogens with zero attached hydrogens (tertiary/aromatic N) is 1. The summed E-state index contributed by atoms with van der Waals surface area (Å²) in [5, 5.41) is 2.99. The van der Waals surface area contributed by atoms with Gasteiger partial charge in [0.1, 0.15) is 11.9 Å². The van der Waals surface area contributed by atoms with E-state index in [9.17, 15) is 14.0 Å². The van der Waals surface area contributed by atoms with Crippen molar-refractivity contribution in [3.05, 3.63) is 101 Å². The third-order valence-electron chi connectivity index (χ3n) is 5.78. The predicted octanol–water partition coefficient (Wildman–Crippen LogP) is 5.78. The summed E-state index contributed by atoms with van der Waals surface area (Å²) in [5.74, 6) is -0.649. The Morgan fingerprint density at radius 2 is 1.66 bits per heavy atom. The van der Waals surface area contributed by atoms with Gasteiger partial charge >= 0.3 is 0 Å². The third kappa shape index (κ3) is 8.25. The van der Waals surface area contributed by atoms with Gasteiger partial charge in [-0.15, -0.1) is 11.8 Å². The van der Waals surface area contributed by atoms with Gasteiger partial charge in [-0.3, -0.25) is 9.59 Å². The number of hydrogen-bond acceptors (Lipinski definition) is 3. The van der Waals surface area contributed by atoms with Crippen LogP contribution >= 0.6 is 11.8 Å². The second-order valence-electron chi connectivity index (χ2n) is 8.56. The molecule has 3 rings (SSSR count). The van der Waals surface area contributed by atoms with Crippen LogP contribution in [0.4, 0.5) is 4.39 Å². The zero-order chi connectivity index (χ0) is 25.0. The van der Waals surface area contributed by atoms with Crippen molar-refractivity contribution in [3.63, 3.8) is 0 Å². The van der Waals surface area contributed by atoms with E-state index >= 15 is 0 Å². The summed E-state index contributed by atoms with van der Waals surface area (Å²) in [7, 11) is 0. The number of carbonyl (C=O) groups is 2. The number of carbonyl (C=O) groups excluding carboxylic acids is 2. The molecular formula is C29H33FN2O2S. The highest BCUT2D eigenvalue weighted by atomic mass is 32.2. The Kier molecular flexibility index (Phi) is 10.4. The fourth-order valence-electron chi connectivity index (χ4n) is 3.73. The van der Waals surface area contributed by atoms with Crippen molar-refractivity contribution >= 4 is 23.6 Å². The first-order valence-electron chi connectivity index (χ1n) is 12.0. The van der Waals surface area contributed by atoms with Gasteiger partial charge in [0.2, 0.25) is 11.8 Å². The monoisotopic (exact) mass is 492 g/mol. The molecule has 3 aromatic carbocycles. The van der Waals surface area contributed by atoms with Crippen LogP contribution in [0.5, 0.6) is 0 Å². The van der Waals surface area contributed by atoms with Crippen molar-refractivity contribution in [1.29, 1.82) is 0 Å². The Morgan fingerprint density at radius 1 is 0.971 bits per heavy atom. The van der Waals surface area contributed by atoms with Crippen molar-refractivity contribution in [2.75, 3.05) is 12.3 Å². The smallest absolute Gasteiger partial charge is 0.243 e. The normalized spacial score (nSPS) is 11.6. The van der Waals surface area contributed by atoms with E-state index in [0.29, 0.717) is 18.5 Å². The summed E-state index contributed by atoms with van der Waals surface area (Å²) in [6.45, 7) is 4.64. The number of aryl methyl sites for hydroxylation is 1. The number of thioether (sulfide) groups is 1. The number of unbranched alkanes of at least 4 members (excludes halogenated alkanes) is 1. The highest BCUT2D eigenvalue weighted by molar-refractivity contribution is 8.00. The van der Waals surface area contributed by atoms with Gasteiger partial charge in [-0.05, 0) is 37.1 Å². The first-order valence-corrected chi connectivity index (χ1v) is 13.0. The fourth-order valence-corrected chi connectivity index (χ4v) is 4.52. The maximum atomic E-state index is 14.6. The van der Waals surface area contributed by atoms with E-state index in [1.807, 2.05) is 61.5 Å². The maximum absolute atomic E-state index is 14.6. The Hall–Kier alpha value is -3.12. The van der Waals surface area contributed by atoms with Gasteiger partial charge in [0, 0.05) is 30.0 Å². The second-order valence-corrected chi connectivity index (χ2v) is 9.61. The molecule has 0 saturated carbocycles. The van der Waals surface area contributed by atoms with E-state index in [2.05, 4.69) is 12.2 Å². The third-order valence-corrected chi connectivity index (χ3v) is 6.78. The molecule has 0 aliphatic heterocycles. The minimum absolute atomic E-state index is 0.0265. The first-order chi connectivity index (χ1) is 17.0. The summed E-state index contributed by atoms with van der Waals surface area (Å²) in [5.41, 5.74) is 2.48. The lowest BCUT2D eigenvalue weighted by Gasteiger charge is -2.31. The van der Waals surface area contributed by atoms with Crippen LogP contribution in [0.2, 0.25) is 0 Å². The van der Waals surface area contributed by atoms with Crippen molar-refractivity contribution in [2.24, 2.45) is 0 Å². The first kappa shape index (κ1) is 26.5. The Balaban J connectivity index is 1.88. The van der Waals surface area contributed by atoms with Gasteiger partial charge in [0.05, 0.1) is 5.75 Å². The predicted molar refractivity (Wildman–Crippen MR) is 141 cm³/mol. The van der Waals surface area contributed by atoms with Crippen LogP contribution in [0.15, 0.2) is 83.8 Å². The minimum Gasteiger partial charge on any atom is -0.354 e. The molecule has 0 aliphatic rings. The average Bonchev–Trinajstić information content (AvgIpc) is 2.87. The van der Waals surface area contributed by atoms with E-state index in [0.717, 1.165) is 28.9 Å². The minimum atomic E-state index is -0.750. The van der Waals surface area contributed by atoms with Crippen LogP contribution in [0, 0.1) is 12.7 Å². The van der Waals surface area contributed by atoms with E-state index in [-0.39, 0.29) is 29.9 Å². The molecule has 3 aromatic rings. The van der Waals surface area contributed by atoms with Crippen molar-refractivity contribution in [1.82, 2.24) is 10.2 Å². The van der Waals surface area contributed by atoms with Gasteiger partial charge < -0.3 is 10.2 Å². The molecule has 0 saturated heterocycles. The van der Waals surface area contributed by atoms with Gasteiger partial charge in [0.25, 0.3) is 0 Å². The Bertz CT molecular complexity index is 1090. The highest BCUT2D eigenvalue weighted by Gasteiger charge is 2.30. The summed E-state index contributed by atoms with van der Waals surface area (Å²) < 4.78 is 14.6. The lowest BCUT2D eigenvalue weighted by Crippen LogP contribution is -2.51. The molecular weight excluding hydrogens is 459 g/mol. The molecule has 0 aromatic heterocycles. The van der Waals surface area contributed by atoms with E-state index in [1.165, 1.54) is 22.7 Å². The zero-order valence-corrected chi connectivity index (χ0v) is 21.2. The largest absolute Gasteiger partial charge is 0.354 e. The molecule has 6 heteroatoms. The van der Waals surface area contributed by atoms with Crippen LogP contribution in [-0.4, -0.2) is 35.1 Å². The molecule has 35 heavy (non-hydrogen) atoms. The zero-order valence-electron chi connectivity index (χ0n) is 20.4. The van der Waals surface area contributed by atoms with Crippen LogP contribution in [-0.2, 0) is 22.6 Å². The standard InChI is InChI=1S/C29H33FN2O2S/c1-3-4-18-31-29(34)27(19-23-10-6-5-7-11-23)32(20-24-12-8-9-13-26(24)30)28(33)21-35-25-16-14-22(2)15-17-25/h5-17,27H,3-4,18-21H2,1-2H3,(H,31,34). The quantitative estimate of drug-likeness (QED) is 0.257. The molecule has 0 bridgehead atoms. The molecule has 184 valence electrons. The maximum Gasteiger partial charge on any atom is 0.243 e. The van der Waals surface area contributed by atoms with Gasteiger partial charge in [-0.1, -0.05) is 79.6 Å². The van der Waals surface area contributed by atoms with Crippen LogP contribution < -0.4 is 5.32 Å². The highest BCUT2D eigenvalue weighted by Crippen LogP contribution is 2.22. The van der Waals surface area contributed by atoms with E-state index in [4.69, 9.17) is 0 Å². The van der Waals surface area contributed by atoms with Gasteiger partial charge in [-0.25, -0.2) is 4.39 Å². The summed E-state index contributed by atoms with van der Waals surface area (Å²) in [6.07, 6.45) is 2.16. The Labute approximate surface area is 211 Å². The molecule has 0 radical (unpaired) electrons. The fraction of sp³-hybridized carbons (Fsp3) is 0.310. The lowest BCUT2D eigenvalue weighted by atomic mass is 10.0. The van der Waals surface area contributed by atoms with Crippen LogP contribution in [0.1, 0.15) is 36.5 Å². The van der Waals surface area contributed by atoms with Crippen LogP contribution in [0.3, 0.4) is 0 Å². The molecule has 1 atom stereocenters. The molecule has 0 aliphatic carbocycles. The SMILES string of the molecule is CCCCNC(=O)C(Cc1ccccc1)N(Cc1ccccc1F)C(=O)CSc1ccc(C)cc1. The summed E-state index contributed by atoms with van der Waals surface area (Å²) in [6, 6.07) is 23.3. The molecule has 0 fully saturated rings. The second kappa shape index (κ2) is 13.7. The molecule has 1 unspecified atom stereocenters. The van der Waals surface area contributed by atoms with Gasteiger partial charge in [-0.2, -0.15) is 0 Å². The van der Waals surface area contributed by atoms with E-state index in [1.54, 1.807) is 18.2 Å². The molecule has 2 amide bonds. The number of amides is 2. The summed E-state index contributed by atoms with van der Waals surface area (Å²) in [4.78, 5) is 29.4. The number of nitrogens with one attached hydrogen (secondary N) is 1. The van der Waals surface area contributed by atoms with Crippen LogP contribution in [0.25, 0.3) is 0 Å².